The van der Waals surface area contributed by atoms with Crippen LogP contribution in [0, 0.1) is 0 Å². The predicted octanol–water partition coefficient (Wildman–Crippen LogP) is 4.97. The number of carbonyl (C=O) groups is 1. The highest BCUT2D eigenvalue weighted by Crippen LogP contribution is 2.25. The Balaban J connectivity index is 2.19. The fourth-order valence-corrected chi connectivity index (χ4v) is 2.33. The molecule has 104 valence electrons. The SMILES string of the molecule is CC(Nc1ccc(Cl)c(C(=O)O)c1)c1ccc(Br)cc1. The highest BCUT2D eigenvalue weighted by atomic mass is 79.9. The number of carboxylic acids is 1. The molecule has 2 rings (SSSR count). The predicted molar refractivity (Wildman–Crippen MR) is 84.6 cm³/mol. The van der Waals surface area contributed by atoms with Crippen LogP contribution in [0.25, 0.3) is 0 Å². The quantitative estimate of drug-likeness (QED) is 0.814. The van der Waals surface area contributed by atoms with Crippen molar-refractivity contribution in [3.05, 3.63) is 63.1 Å². The number of nitrogens with one attached hydrogen (secondary N) is 1. The van der Waals surface area contributed by atoms with Crippen molar-refractivity contribution in [2.75, 3.05) is 5.32 Å². The van der Waals surface area contributed by atoms with Gasteiger partial charge in [-0.2, -0.15) is 0 Å². The summed E-state index contributed by atoms with van der Waals surface area (Å²) >= 11 is 9.24. The van der Waals surface area contributed by atoms with E-state index in [1.807, 2.05) is 31.2 Å². The van der Waals surface area contributed by atoms with Crippen LogP contribution in [0.5, 0.6) is 0 Å². The average molecular weight is 355 g/mol. The second-order valence-electron chi connectivity index (χ2n) is 4.42. The average Bonchev–Trinajstić information content (AvgIpc) is 2.41. The zero-order valence-corrected chi connectivity index (χ0v) is 13.1. The normalized spacial score (nSPS) is 11.9. The lowest BCUT2D eigenvalue weighted by molar-refractivity contribution is 0.0697. The summed E-state index contributed by atoms with van der Waals surface area (Å²) in [5.41, 5.74) is 1.93. The number of halogens is 2. The van der Waals surface area contributed by atoms with Crippen molar-refractivity contribution < 1.29 is 9.90 Å². The first-order chi connectivity index (χ1) is 9.47. The molecule has 0 radical (unpaired) electrons. The van der Waals surface area contributed by atoms with E-state index in [9.17, 15) is 4.79 Å². The zero-order valence-electron chi connectivity index (χ0n) is 10.7. The fraction of sp³-hybridized carbons (Fsp3) is 0.133. The summed E-state index contributed by atoms with van der Waals surface area (Å²) in [7, 11) is 0. The molecule has 0 aromatic heterocycles. The Morgan fingerprint density at radius 3 is 2.50 bits per heavy atom. The summed E-state index contributed by atoms with van der Waals surface area (Å²) in [6.45, 7) is 2.01. The molecule has 1 atom stereocenters. The van der Waals surface area contributed by atoms with Gasteiger partial charge in [0, 0.05) is 16.2 Å². The van der Waals surface area contributed by atoms with E-state index in [-0.39, 0.29) is 16.6 Å². The van der Waals surface area contributed by atoms with Gasteiger partial charge in [-0.25, -0.2) is 4.79 Å². The van der Waals surface area contributed by atoms with Gasteiger partial charge in [0.15, 0.2) is 0 Å². The van der Waals surface area contributed by atoms with E-state index < -0.39 is 5.97 Å². The molecule has 2 aromatic rings. The molecule has 2 aromatic carbocycles. The molecule has 0 fully saturated rings. The van der Waals surface area contributed by atoms with E-state index in [0.717, 1.165) is 15.7 Å². The summed E-state index contributed by atoms with van der Waals surface area (Å²) < 4.78 is 1.02. The van der Waals surface area contributed by atoms with Crippen LogP contribution < -0.4 is 5.32 Å². The van der Waals surface area contributed by atoms with Gasteiger partial charge in [-0.3, -0.25) is 0 Å². The minimum atomic E-state index is -1.03. The van der Waals surface area contributed by atoms with Gasteiger partial charge in [-0.15, -0.1) is 0 Å². The molecule has 0 spiro atoms. The highest BCUT2D eigenvalue weighted by molar-refractivity contribution is 9.10. The molecule has 0 amide bonds. The smallest absolute Gasteiger partial charge is 0.337 e. The van der Waals surface area contributed by atoms with E-state index in [0.29, 0.717) is 0 Å². The van der Waals surface area contributed by atoms with Crippen LogP contribution in [-0.2, 0) is 0 Å². The highest BCUT2D eigenvalue weighted by Gasteiger charge is 2.11. The van der Waals surface area contributed by atoms with E-state index >= 15 is 0 Å². The third kappa shape index (κ3) is 3.52. The first kappa shape index (κ1) is 14.9. The summed E-state index contributed by atoms with van der Waals surface area (Å²) in [5, 5.41) is 12.6. The molecule has 0 bridgehead atoms. The van der Waals surface area contributed by atoms with Gasteiger partial charge >= 0.3 is 5.97 Å². The molecule has 20 heavy (non-hydrogen) atoms. The number of benzene rings is 2. The lowest BCUT2D eigenvalue weighted by Gasteiger charge is -2.16. The third-order valence-corrected chi connectivity index (χ3v) is 3.81. The summed E-state index contributed by atoms with van der Waals surface area (Å²) in [6.07, 6.45) is 0. The number of carboxylic acid groups (broad SMARTS) is 1. The number of anilines is 1. The molecule has 0 aliphatic carbocycles. The molecular weight excluding hydrogens is 342 g/mol. The van der Waals surface area contributed by atoms with E-state index in [1.54, 1.807) is 18.2 Å². The number of hydrogen-bond donors (Lipinski definition) is 2. The van der Waals surface area contributed by atoms with E-state index in [4.69, 9.17) is 16.7 Å². The second-order valence-corrected chi connectivity index (χ2v) is 5.74. The van der Waals surface area contributed by atoms with Crippen LogP contribution in [0.1, 0.15) is 28.9 Å². The van der Waals surface area contributed by atoms with Gasteiger partial charge < -0.3 is 10.4 Å². The van der Waals surface area contributed by atoms with Gasteiger partial charge in [-0.1, -0.05) is 39.7 Å². The molecule has 0 aliphatic rings. The molecular formula is C15H13BrClNO2. The van der Waals surface area contributed by atoms with Gasteiger partial charge in [0.05, 0.1) is 10.6 Å². The minimum absolute atomic E-state index is 0.0610. The Morgan fingerprint density at radius 1 is 1.25 bits per heavy atom. The fourth-order valence-electron chi connectivity index (χ4n) is 1.86. The molecule has 0 saturated heterocycles. The lowest BCUT2D eigenvalue weighted by Crippen LogP contribution is -2.07. The first-order valence-electron chi connectivity index (χ1n) is 6.02. The van der Waals surface area contributed by atoms with Crippen molar-refractivity contribution in [3.63, 3.8) is 0 Å². The monoisotopic (exact) mass is 353 g/mol. The maximum atomic E-state index is 11.0. The second kappa shape index (κ2) is 6.29. The van der Waals surface area contributed by atoms with Crippen LogP contribution >= 0.6 is 27.5 Å². The molecule has 1 unspecified atom stereocenters. The molecule has 5 heteroatoms. The van der Waals surface area contributed by atoms with Gasteiger partial charge in [0.1, 0.15) is 0 Å². The largest absolute Gasteiger partial charge is 0.478 e. The first-order valence-corrected chi connectivity index (χ1v) is 7.19. The Labute approximate surface area is 130 Å². The third-order valence-electron chi connectivity index (χ3n) is 2.95. The summed E-state index contributed by atoms with van der Waals surface area (Å²) in [6, 6.07) is 12.9. The Hall–Kier alpha value is -1.52. The number of aromatic carboxylic acids is 1. The van der Waals surface area contributed by atoms with Gasteiger partial charge in [0.2, 0.25) is 0 Å². The van der Waals surface area contributed by atoms with E-state index in [1.165, 1.54) is 0 Å². The Morgan fingerprint density at radius 2 is 1.90 bits per heavy atom. The van der Waals surface area contributed by atoms with Crippen LogP contribution in [-0.4, -0.2) is 11.1 Å². The summed E-state index contributed by atoms with van der Waals surface area (Å²) in [5.74, 6) is -1.03. The van der Waals surface area contributed by atoms with Crippen LogP contribution in [0.4, 0.5) is 5.69 Å². The maximum Gasteiger partial charge on any atom is 0.337 e. The van der Waals surface area contributed by atoms with Gasteiger partial charge in [0.25, 0.3) is 0 Å². The molecule has 0 aliphatic heterocycles. The van der Waals surface area contributed by atoms with Crippen molar-refractivity contribution in [3.8, 4) is 0 Å². The number of rotatable bonds is 4. The van der Waals surface area contributed by atoms with Crippen molar-refractivity contribution in [1.82, 2.24) is 0 Å². The number of hydrogen-bond acceptors (Lipinski definition) is 2. The Kier molecular flexibility index (Phi) is 4.68. The van der Waals surface area contributed by atoms with Crippen molar-refractivity contribution in [2.24, 2.45) is 0 Å². The zero-order chi connectivity index (χ0) is 14.7. The van der Waals surface area contributed by atoms with Crippen molar-refractivity contribution in [2.45, 2.75) is 13.0 Å². The molecule has 3 nitrogen and oxygen atoms in total. The standard InChI is InChI=1S/C15H13BrClNO2/c1-9(10-2-4-11(16)5-3-10)18-12-6-7-14(17)13(8-12)15(19)20/h2-9,18H,1H3,(H,19,20). The van der Waals surface area contributed by atoms with E-state index in [2.05, 4.69) is 21.2 Å². The van der Waals surface area contributed by atoms with Crippen LogP contribution in [0.2, 0.25) is 5.02 Å². The topological polar surface area (TPSA) is 49.3 Å². The minimum Gasteiger partial charge on any atom is -0.478 e. The molecule has 0 saturated carbocycles. The van der Waals surface area contributed by atoms with Crippen molar-refractivity contribution in [1.29, 1.82) is 0 Å². The maximum absolute atomic E-state index is 11.0. The Bertz CT molecular complexity index is 628. The van der Waals surface area contributed by atoms with Crippen LogP contribution in [0.15, 0.2) is 46.9 Å². The van der Waals surface area contributed by atoms with Gasteiger partial charge in [-0.05, 0) is 42.8 Å². The molecule has 2 N–H and O–H groups in total. The van der Waals surface area contributed by atoms with Crippen LogP contribution in [0.3, 0.4) is 0 Å². The summed E-state index contributed by atoms with van der Waals surface area (Å²) in [4.78, 5) is 11.0. The van der Waals surface area contributed by atoms with Crippen molar-refractivity contribution >= 4 is 39.2 Å². The molecule has 0 heterocycles. The lowest BCUT2D eigenvalue weighted by atomic mass is 10.1.